The Bertz CT molecular complexity index is 123. The first kappa shape index (κ1) is 6.59. The largest absolute Gasteiger partial charge is 0.724 e. The third-order valence-electron chi connectivity index (χ3n) is 0.406. The summed E-state index contributed by atoms with van der Waals surface area (Å²) in [6, 6.07) is 0. The molecule has 0 aliphatic heterocycles. The van der Waals surface area contributed by atoms with E-state index in [9.17, 15) is 0 Å². The van der Waals surface area contributed by atoms with Crippen LogP contribution in [0.4, 0.5) is 0 Å². The summed E-state index contributed by atoms with van der Waals surface area (Å²) in [6.45, 7) is 0. The van der Waals surface area contributed by atoms with E-state index in [1.807, 2.05) is 0 Å². The predicted molar refractivity (Wildman–Crippen MR) is 27.6 cm³/mol. The van der Waals surface area contributed by atoms with Crippen molar-refractivity contribution in [3.05, 3.63) is 24.1 Å². The summed E-state index contributed by atoms with van der Waals surface area (Å²) in [6.07, 6.45) is 5.58. The third kappa shape index (κ3) is 4.59. The van der Waals surface area contributed by atoms with Crippen molar-refractivity contribution in [2.24, 2.45) is 0 Å². The molecule has 0 saturated carbocycles. The number of carbonyl (C=O) groups excluding carboxylic acids is 1. The predicted octanol–water partition coefficient (Wildman–Crippen LogP) is 0.301. The van der Waals surface area contributed by atoms with Crippen LogP contribution < -0.4 is 0 Å². The molecule has 4 heteroatoms. The highest BCUT2D eigenvalue weighted by molar-refractivity contribution is 5.36. The topological polar surface area (TPSA) is 68.1 Å². The molecule has 1 aromatic rings. The molecule has 0 spiro atoms. The van der Waals surface area contributed by atoms with Gasteiger partial charge in [-0.2, -0.15) is 0 Å². The molecule has 0 aliphatic rings. The van der Waals surface area contributed by atoms with Crippen LogP contribution in [0.15, 0.2) is 18.7 Å². The van der Waals surface area contributed by atoms with E-state index in [2.05, 4.69) is 9.97 Å². The SMILES string of the molecule is [N-]=C=O.c1c[nH]cn1. The fourth-order valence-electron chi connectivity index (χ4n) is 0.215. The Kier molecular flexibility index (Phi) is 4.60. The first-order chi connectivity index (χ1) is 3.91. The molecule has 1 rings (SSSR count). The second-order valence-corrected chi connectivity index (χ2v) is 0.852. The number of nitrogens with zero attached hydrogens (tertiary/aromatic N) is 2. The summed E-state index contributed by atoms with van der Waals surface area (Å²) >= 11 is 0. The van der Waals surface area contributed by atoms with Gasteiger partial charge in [-0.3, -0.25) is 4.79 Å². The standard InChI is InChI=1S/C3H4N2.CNO/c1-2-5-3-4-1;2-1-3/h1-3H,(H,4,5);/q;-1. The monoisotopic (exact) mass is 110 g/mol. The smallest absolute Gasteiger partial charge is 0.0919 e. The number of imidazole rings is 1. The summed E-state index contributed by atoms with van der Waals surface area (Å²) < 4.78 is 0. The quantitative estimate of drug-likeness (QED) is 0.385. The molecular formula is C4H4N3O-. The van der Waals surface area contributed by atoms with Crippen molar-refractivity contribution in [1.82, 2.24) is 9.97 Å². The average Bonchev–Trinajstić information content (AvgIpc) is 2.17. The van der Waals surface area contributed by atoms with Crippen molar-refractivity contribution in [2.45, 2.75) is 0 Å². The lowest BCUT2D eigenvalue weighted by atomic mass is 11.0. The Balaban J connectivity index is 0.000000145. The summed E-state index contributed by atoms with van der Waals surface area (Å²) in [7, 11) is 0. The normalized spacial score (nSPS) is 6.00. The van der Waals surface area contributed by atoms with E-state index in [1.165, 1.54) is 0 Å². The number of H-pyrrole nitrogens is 1. The van der Waals surface area contributed by atoms with Gasteiger partial charge in [0.1, 0.15) is 0 Å². The number of hydrogen-bond acceptors (Lipinski definition) is 2. The zero-order chi connectivity index (χ0) is 6.24. The zero-order valence-electron chi connectivity index (χ0n) is 4.03. The van der Waals surface area contributed by atoms with Crippen LogP contribution in [-0.4, -0.2) is 16.0 Å². The fraction of sp³-hybridized carbons (Fsp3) is 0. The van der Waals surface area contributed by atoms with E-state index in [1.54, 1.807) is 18.7 Å². The Morgan fingerprint density at radius 1 is 1.75 bits per heavy atom. The van der Waals surface area contributed by atoms with Crippen LogP contribution >= 0.6 is 0 Å². The first-order valence-electron chi connectivity index (χ1n) is 1.85. The van der Waals surface area contributed by atoms with Crippen LogP contribution in [0.5, 0.6) is 0 Å². The van der Waals surface area contributed by atoms with Gasteiger partial charge in [0, 0.05) is 12.4 Å². The molecule has 0 amide bonds. The molecule has 0 saturated heterocycles. The van der Waals surface area contributed by atoms with Gasteiger partial charge in [-0.15, -0.1) is 0 Å². The van der Waals surface area contributed by atoms with E-state index in [0.29, 0.717) is 6.08 Å². The van der Waals surface area contributed by atoms with Crippen molar-refractivity contribution < 1.29 is 4.79 Å². The lowest BCUT2D eigenvalue weighted by molar-refractivity contribution is 0.569. The second-order valence-electron chi connectivity index (χ2n) is 0.852. The van der Waals surface area contributed by atoms with Crippen LogP contribution in [0.3, 0.4) is 0 Å². The number of isocyanates is 1. The van der Waals surface area contributed by atoms with Crippen molar-refractivity contribution in [1.29, 1.82) is 0 Å². The minimum absolute atomic E-state index is 0.500. The average molecular weight is 110 g/mol. The van der Waals surface area contributed by atoms with Crippen LogP contribution in [-0.2, 0) is 4.79 Å². The lowest BCUT2D eigenvalue weighted by Crippen LogP contribution is -1.44. The van der Waals surface area contributed by atoms with Gasteiger partial charge in [-0.05, 0) is 6.08 Å². The van der Waals surface area contributed by atoms with Crippen molar-refractivity contribution in [3.8, 4) is 0 Å². The summed E-state index contributed by atoms with van der Waals surface area (Å²) in [5.41, 5.74) is 0. The Morgan fingerprint density at radius 3 is 2.50 bits per heavy atom. The van der Waals surface area contributed by atoms with Gasteiger partial charge in [0.05, 0.1) is 6.33 Å². The fourth-order valence-corrected chi connectivity index (χ4v) is 0.215. The number of hydrogen-bond donors (Lipinski definition) is 1. The van der Waals surface area contributed by atoms with E-state index in [-0.39, 0.29) is 0 Å². The van der Waals surface area contributed by atoms with Crippen LogP contribution in [0, 0.1) is 0 Å². The molecule has 0 aromatic carbocycles. The molecule has 1 N–H and O–H groups in total. The van der Waals surface area contributed by atoms with Gasteiger partial charge in [-0.25, -0.2) is 4.98 Å². The van der Waals surface area contributed by atoms with E-state index in [4.69, 9.17) is 10.2 Å². The zero-order valence-corrected chi connectivity index (χ0v) is 4.03. The number of aromatic nitrogens is 2. The van der Waals surface area contributed by atoms with Gasteiger partial charge in [-0.1, -0.05) is 0 Å². The second kappa shape index (κ2) is 5.59. The number of nitrogens with one attached hydrogen (secondary N) is 1. The Hall–Kier alpha value is -1.41. The molecule has 0 fully saturated rings. The molecule has 0 bridgehead atoms. The first-order valence-corrected chi connectivity index (χ1v) is 1.85. The molecule has 0 atom stereocenters. The van der Waals surface area contributed by atoms with Crippen molar-refractivity contribution >= 4 is 6.08 Å². The lowest BCUT2D eigenvalue weighted by Gasteiger charge is -1.46. The van der Waals surface area contributed by atoms with E-state index < -0.39 is 0 Å². The maximum Gasteiger partial charge on any atom is 0.0919 e. The minimum Gasteiger partial charge on any atom is -0.724 e. The van der Waals surface area contributed by atoms with Gasteiger partial charge in [0.2, 0.25) is 0 Å². The van der Waals surface area contributed by atoms with Crippen molar-refractivity contribution in [2.75, 3.05) is 0 Å². The van der Waals surface area contributed by atoms with Crippen LogP contribution in [0.2, 0.25) is 0 Å². The molecule has 0 radical (unpaired) electrons. The van der Waals surface area contributed by atoms with Crippen molar-refractivity contribution in [3.63, 3.8) is 0 Å². The Morgan fingerprint density at radius 2 is 2.38 bits per heavy atom. The molecular weight excluding hydrogens is 106 g/mol. The molecule has 42 valence electrons. The van der Waals surface area contributed by atoms with Crippen LogP contribution in [0.25, 0.3) is 5.41 Å². The van der Waals surface area contributed by atoms with Gasteiger partial charge >= 0.3 is 0 Å². The maximum absolute atomic E-state index is 8.24. The van der Waals surface area contributed by atoms with Gasteiger partial charge in [0.15, 0.2) is 0 Å². The summed E-state index contributed by atoms with van der Waals surface area (Å²) in [5.74, 6) is 0. The Labute approximate surface area is 46.1 Å². The molecule has 0 unspecified atom stereocenters. The van der Waals surface area contributed by atoms with Crippen LogP contribution in [0.1, 0.15) is 0 Å². The van der Waals surface area contributed by atoms with Gasteiger partial charge in [0.25, 0.3) is 0 Å². The number of rotatable bonds is 0. The summed E-state index contributed by atoms with van der Waals surface area (Å²) in [5, 5.41) is 6.76. The highest BCUT2D eigenvalue weighted by Gasteiger charge is 1.56. The molecule has 0 aliphatic carbocycles. The maximum atomic E-state index is 8.24. The molecule has 1 aromatic heterocycles. The minimum atomic E-state index is 0.500. The number of aromatic amines is 1. The highest BCUT2D eigenvalue weighted by atomic mass is 16.1. The molecule has 8 heavy (non-hydrogen) atoms. The van der Waals surface area contributed by atoms with E-state index >= 15 is 0 Å². The highest BCUT2D eigenvalue weighted by Crippen LogP contribution is 1.62. The molecule has 1 heterocycles. The molecule has 4 nitrogen and oxygen atoms in total. The van der Waals surface area contributed by atoms with Gasteiger partial charge < -0.3 is 10.4 Å². The summed E-state index contributed by atoms with van der Waals surface area (Å²) in [4.78, 5) is 14.7. The third-order valence-corrected chi connectivity index (χ3v) is 0.406. The van der Waals surface area contributed by atoms with E-state index in [0.717, 1.165) is 0 Å².